The van der Waals surface area contributed by atoms with Crippen LogP contribution in [0.1, 0.15) is 28.2 Å². The zero-order chi connectivity index (χ0) is 13.1. The third-order valence-corrected chi connectivity index (χ3v) is 4.35. The molecule has 2 rings (SSSR count). The second-order valence-corrected chi connectivity index (χ2v) is 5.78. The van der Waals surface area contributed by atoms with Crippen molar-refractivity contribution in [1.29, 1.82) is 0 Å². The van der Waals surface area contributed by atoms with Crippen molar-refractivity contribution in [2.45, 2.75) is 13.0 Å². The summed E-state index contributed by atoms with van der Waals surface area (Å²) in [7, 11) is 0. The van der Waals surface area contributed by atoms with Gasteiger partial charge in [0.25, 0.3) is 5.91 Å². The van der Waals surface area contributed by atoms with Crippen LogP contribution in [0.4, 0.5) is 5.69 Å². The fourth-order valence-corrected chi connectivity index (χ4v) is 2.55. The molecule has 0 aliphatic heterocycles. The van der Waals surface area contributed by atoms with Gasteiger partial charge in [-0.2, -0.15) is 0 Å². The Bertz CT molecular complexity index is 554. The van der Waals surface area contributed by atoms with E-state index < -0.39 is 0 Å². The number of nitrogen functional groups attached to an aromatic ring is 1. The maximum absolute atomic E-state index is 12.0. The van der Waals surface area contributed by atoms with E-state index in [2.05, 4.69) is 21.2 Å². The number of anilines is 1. The summed E-state index contributed by atoms with van der Waals surface area (Å²) in [5.41, 5.74) is 6.89. The highest BCUT2D eigenvalue weighted by Crippen LogP contribution is 2.22. The summed E-state index contributed by atoms with van der Waals surface area (Å²) in [5, 5.41) is 4.94. The van der Waals surface area contributed by atoms with Crippen molar-refractivity contribution in [3.63, 3.8) is 0 Å². The lowest BCUT2D eigenvalue weighted by Crippen LogP contribution is -2.26. The molecule has 94 valence electrons. The summed E-state index contributed by atoms with van der Waals surface area (Å²) in [6.45, 7) is 1.96. The highest BCUT2D eigenvalue weighted by molar-refractivity contribution is 9.10. The molecule has 0 aliphatic rings. The molecule has 0 saturated carbocycles. The van der Waals surface area contributed by atoms with Gasteiger partial charge in [0, 0.05) is 20.6 Å². The smallest absolute Gasteiger partial charge is 0.251 e. The van der Waals surface area contributed by atoms with Gasteiger partial charge in [0.15, 0.2) is 0 Å². The van der Waals surface area contributed by atoms with Crippen molar-refractivity contribution in [3.8, 4) is 0 Å². The van der Waals surface area contributed by atoms with Crippen molar-refractivity contribution in [2.24, 2.45) is 0 Å². The van der Waals surface area contributed by atoms with E-state index in [9.17, 15) is 4.79 Å². The Morgan fingerprint density at radius 2 is 2.22 bits per heavy atom. The van der Waals surface area contributed by atoms with E-state index in [4.69, 9.17) is 5.73 Å². The predicted octanol–water partition coefficient (Wildman–Crippen LogP) is 3.58. The van der Waals surface area contributed by atoms with E-state index in [-0.39, 0.29) is 11.9 Å². The Morgan fingerprint density at radius 1 is 1.44 bits per heavy atom. The Morgan fingerprint density at radius 3 is 2.83 bits per heavy atom. The zero-order valence-corrected chi connectivity index (χ0v) is 12.2. The molecule has 1 atom stereocenters. The number of thiophene rings is 1. The topological polar surface area (TPSA) is 55.1 Å². The van der Waals surface area contributed by atoms with Gasteiger partial charge in [0.2, 0.25) is 0 Å². The molecule has 0 unspecified atom stereocenters. The quantitative estimate of drug-likeness (QED) is 0.848. The van der Waals surface area contributed by atoms with Crippen LogP contribution in [0.25, 0.3) is 0 Å². The molecule has 0 saturated heterocycles. The standard InChI is InChI=1S/C13H13BrN2OS/c1-8(12-3-2-6-18-12)16-13(17)9-4-5-10(14)11(15)7-9/h2-8H,15H2,1H3,(H,16,17)/t8-/m0/s1. The maximum Gasteiger partial charge on any atom is 0.251 e. The summed E-state index contributed by atoms with van der Waals surface area (Å²) < 4.78 is 0.797. The van der Waals surface area contributed by atoms with Crippen molar-refractivity contribution in [1.82, 2.24) is 5.32 Å². The van der Waals surface area contributed by atoms with E-state index in [0.717, 1.165) is 9.35 Å². The summed E-state index contributed by atoms with van der Waals surface area (Å²) in [6.07, 6.45) is 0. The number of benzene rings is 1. The first-order valence-corrected chi connectivity index (χ1v) is 7.14. The van der Waals surface area contributed by atoms with Gasteiger partial charge in [-0.15, -0.1) is 11.3 Å². The van der Waals surface area contributed by atoms with Gasteiger partial charge < -0.3 is 11.1 Å². The van der Waals surface area contributed by atoms with Crippen LogP contribution in [0.2, 0.25) is 0 Å². The largest absolute Gasteiger partial charge is 0.398 e. The fourth-order valence-electron chi connectivity index (χ4n) is 1.57. The summed E-state index contributed by atoms with van der Waals surface area (Å²) in [5.74, 6) is -0.116. The Balaban J connectivity index is 2.10. The van der Waals surface area contributed by atoms with Crippen molar-refractivity contribution in [2.75, 3.05) is 5.73 Å². The van der Waals surface area contributed by atoms with Crippen LogP contribution in [0.15, 0.2) is 40.2 Å². The molecule has 1 aromatic heterocycles. The lowest BCUT2D eigenvalue weighted by Gasteiger charge is -2.12. The first-order valence-electron chi connectivity index (χ1n) is 5.47. The first kappa shape index (κ1) is 13.1. The Hall–Kier alpha value is -1.33. The van der Waals surface area contributed by atoms with Crippen LogP contribution in [-0.4, -0.2) is 5.91 Å². The van der Waals surface area contributed by atoms with Gasteiger partial charge in [-0.25, -0.2) is 0 Å². The Kier molecular flexibility index (Phi) is 4.04. The average Bonchev–Trinajstić information content (AvgIpc) is 2.86. The number of hydrogen-bond donors (Lipinski definition) is 2. The molecule has 1 aromatic carbocycles. The molecular formula is C13H13BrN2OS. The second kappa shape index (κ2) is 5.54. The van der Waals surface area contributed by atoms with Gasteiger partial charge in [0.05, 0.1) is 6.04 Å². The molecule has 2 aromatic rings. The van der Waals surface area contributed by atoms with E-state index in [0.29, 0.717) is 11.3 Å². The van der Waals surface area contributed by atoms with Crippen molar-refractivity contribution < 1.29 is 4.79 Å². The minimum absolute atomic E-state index is 0.00220. The second-order valence-electron chi connectivity index (χ2n) is 3.95. The molecule has 0 aliphatic carbocycles. The highest BCUT2D eigenvalue weighted by Gasteiger charge is 2.12. The molecule has 1 heterocycles. The average molecular weight is 325 g/mol. The number of nitrogens with two attached hydrogens (primary N) is 1. The SMILES string of the molecule is C[C@H](NC(=O)c1ccc(Br)c(N)c1)c1cccs1. The minimum Gasteiger partial charge on any atom is -0.398 e. The first-order chi connectivity index (χ1) is 8.58. The molecule has 0 radical (unpaired) electrons. The van der Waals surface area contributed by atoms with E-state index in [1.54, 1.807) is 29.5 Å². The lowest BCUT2D eigenvalue weighted by molar-refractivity contribution is 0.0940. The van der Waals surface area contributed by atoms with E-state index in [1.807, 2.05) is 24.4 Å². The molecule has 0 spiro atoms. The molecule has 5 heteroatoms. The number of carbonyl (C=O) groups excluding carboxylic acids is 1. The Labute approximate surface area is 118 Å². The summed E-state index contributed by atoms with van der Waals surface area (Å²) in [6, 6.07) is 9.17. The molecule has 0 fully saturated rings. The zero-order valence-electron chi connectivity index (χ0n) is 9.81. The van der Waals surface area contributed by atoms with Crippen LogP contribution in [0.5, 0.6) is 0 Å². The minimum atomic E-state index is -0.116. The van der Waals surface area contributed by atoms with Crippen LogP contribution in [0.3, 0.4) is 0 Å². The molecule has 3 nitrogen and oxygen atoms in total. The van der Waals surface area contributed by atoms with Crippen molar-refractivity contribution in [3.05, 3.63) is 50.6 Å². The lowest BCUT2D eigenvalue weighted by atomic mass is 10.1. The number of carbonyl (C=O) groups is 1. The third-order valence-electron chi connectivity index (χ3n) is 2.58. The molecule has 0 bridgehead atoms. The van der Waals surface area contributed by atoms with Crippen LogP contribution in [-0.2, 0) is 0 Å². The van der Waals surface area contributed by atoms with E-state index >= 15 is 0 Å². The van der Waals surface area contributed by atoms with Crippen molar-refractivity contribution >= 4 is 38.9 Å². The molecule has 3 N–H and O–H groups in total. The number of halogens is 1. The van der Waals surface area contributed by atoms with Gasteiger partial charge in [-0.05, 0) is 52.5 Å². The number of nitrogens with one attached hydrogen (secondary N) is 1. The third kappa shape index (κ3) is 2.91. The number of amides is 1. The highest BCUT2D eigenvalue weighted by atomic mass is 79.9. The molecule has 18 heavy (non-hydrogen) atoms. The van der Waals surface area contributed by atoms with Gasteiger partial charge in [-0.3, -0.25) is 4.79 Å². The van der Waals surface area contributed by atoms with Gasteiger partial charge in [-0.1, -0.05) is 6.07 Å². The predicted molar refractivity (Wildman–Crippen MR) is 78.8 cm³/mol. The van der Waals surface area contributed by atoms with Crippen LogP contribution < -0.4 is 11.1 Å². The van der Waals surface area contributed by atoms with E-state index in [1.165, 1.54) is 0 Å². The van der Waals surface area contributed by atoms with Crippen LogP contribution >= 0.6 is 27.3 Å². The summed E-state index contributed by atoms with van der Waals surface area (Å²) >= 11 is 4.93. The van der Waals surface area contributed by atoms with Crippen LogP contribution in [0, 0.1) is 0 Å². The normalized spacial score (nSPS) is 12.1. The monoisotopic (exact) mass is 324 g/mol. The number of rotatable bonds is 3. The molecular weight excluding hydrogens is 312 g/mol. The fraction of sp³-hybridized carbons (Fsp3) is 0.154. The number of hydrogen-bond acceptors (Lipinski definition) is 3. The maximum atomic E-state index is 12.0. The van der Waals surface area contributed by atoms with Gasteiger partial charge >= 0.3 is 0 Å². The molecule has 1 amide bonds. The summed E-state index contributed by atoms with van der Waals surface area (Å²) in [4.78, 5) is 13.2. The van der Waals surface area contributed by atoms with Gasteiger partial charge in [0.1, 0.15) is 0 Å².